The van der Waals surface area contributed by atoms with Gasteiger partial charge >= 0.3 is 12.1 Å². The highest BCUT2D eigenvalue weighted by atomic mass is 35.5. The van der Waals surface area contributed by atoms with Crippen molar-refractivity contribution in [3.8, 4) is 0 Å². The number of benzene rings is 2. The Labute approximate surface area is 221 Å². The Balaban J connectivity index is 1.58. The number of urea groups is 1. The molecule has 0 bridgehead atoms. The maximum absolute atomic E-state index is 15.7. The molecule has 4 N–H and O–H groups in total. The van der Waals surface area contributed by atoms with Crippen LogP contribution in [0, 0.1) is 5.82 Å². The van der Waals surface area contributed by atoms with E-state index in [9.17, 15) is 23.6 Å². The number of carbonyl (C=O) groups excluding carboxylic acids is 4. The van der Waals surface area contributed by atoms with E-state index in [0.29, 0.717) is 10.9 Å². The number of nitrogens with one attached hydrogen (secondary N) is 2. The van der Waals surface area contributed by atoms with Gasteiger partial charge in [0.05, 0.1) is 35.4 Å². The summed E-state index contributed by atoms with van der Waals surface area (Å²) < 4.78 is 31.2. The summed E-state index contributed by atoms with van der Waals surface area (Å²) in [4.78, 5) is 50.9. The van der Waals surface area contributed by atoms with E-state index in [4.69, 9.17) is 17.3 Å². The predicted octanol–water partition coefficient (Wildman–Crippen LogP) is 4.01. The molecule has 1 fully saturated rings. The zero-order valence-electron chi connectivity index (χ0n) is 20.5. The highest BCUT2D eigenvalue weighted by Gasteiger charge is 2.49. The van der Waals surface area contributed by atoms with E-state index in [1.807, 2.05) is 0 Å². The van der Waals surface area contributed by atoms with E-state index in [0.717, 1.165) is 9.47 Å². The van der Waals surface area contributed by atoms with Crippen LogP contribution in [-0.2, 0) is 16.0 Å². The predicted molar refractivity (Wildman–Crippen MR) is 138 cm³/mol. The first-order valence-electron chi connectivity index (χ1n) is 11.9. The molecule has 0 aliphatic carbocycles. The number of anilines is 1. The first kappa shape index (κ1) is 27.1. The molecule has 12 heteroatoms. The Morgan fingerprint density at radius 1 is 1.16 bits per heavy atom. The number of nitrogens with zero attached hydrogens (tertiary/aromatic N) is 2. The molecule has 1 aromatic heterocycles. The number of rotatable bonds is 7. The zero-order chi connectivity index (χ0) is 27.6. The number of Topliss-reactive ketones (excluding diaryl/α,β-unsaturated/α-hetero) is 1. The molecular weight excluding hydrogens is 520 g/mol. The third-order valence-electron chi connectivity index (χ3n) is 6.54. The average molecular weight is 546 g/mol. The van der Waals surface area contributed by atoms with Crippen molar-refractivity contribution < 1.29 is 28.0 Å². The molecule has 2 heterocycles. The zero-order valence-corrected chi connectivity index (χ0v) is 21.2. The standard InChI is InChI=1S/C26H26ClF2N5O4/c1-15(35)31-13-26(29)11-21(22(36)10-9-16-5-4-7-18(27)23(16)28)34(14-26)25(38)32-19-12-33(24(30)37)20-8-3-2-6-17(19)20/h2-8,12,21H,9-11,13-14H2,1H3,(H2,30,37)(H,31,35)(H,32,38)/t21-,26-/m0/s1. The van der Waals surface area contributed by atoms with Crippen LogP contribution in [0.4, 0.5) is 24.1 Å². The SMILES string of the molecule is CC(=O)NC[C@@]1(F)C[C@@H](C(=O)CCc2cccc(Cl)c2F)N(C(=O)Nc2cn(C(N)=O)c3ccccc23)C1. The van der Waals surface area contributed by atoms with Crippen LogP contribution in [0.25, 0.3) is 10.9 Å². The van der Waals surface area contributed by atoms with Gasteiger partial charge in [0.1, 0.15) is 11.5 Å². The Bertz CT molecular complexity index is 1430. The van der Waals surface area contributed by atoms with Gasteiger partial charge in [0.2, 0.25) is 5.91 Å². The molecule has 0 saturated carbocycles. The molecule has 3 aromatic rings. The maximum atomic E-state index is 15.7. The lowest BCUT2D eigenvalue weighted by molar-refractivity contribution is -0.122. The second kappa shape index (κ2) is 10.8. The fourth-order valence-electron chi connectivity index (χ4n) is 4.66. The van der Waals surface area contributed by atoms with Crippen molar-refractivity contribution in [1.29, 1.82) is 0 Å². The molecule has 0 radical (unpaired) electrons. The van der Waals surface area contributed by atoms with Gasteiger partial charge in [0, 0.05) is 31.3 Å². The first-order valence-corrected chi connectivity index (χ1v) is 12.2. The molecule has 0 unspecified atom stereocenters. The quantitative estimate of drug-likeness (QED) is 0.414. The number of aromatic nitrogens is 1. The second-order valence-corrected chi connectivity index (χ2v) is 9.69. The van der Waals surface area contributed by atoms with Crippen molar-refractivity contribution in [2.24, 2.45) is 5.73 Å². The lowest BCUT2D eigenvalue weighted by Crippen LogP contribution is -2.44. The largest absolute Gasteiger partial charge is 0.353 e. The number of fused-ring (bicyclic) bond motifs is 1. The van der Waals surface area contributed by atoms with Crippen LogP contribution in [-0.4, -0.2) is 58.0 Å². The minimum atomic E-state index is -2.06. The van der Waals surface area contributed by atoms with Gasteiger partial charge in [-0.1, -0.05) is 41.9 Å². The van der Waals surface area contributed by atoms with Crippen LogP contribution in [0.3, 0.4) is 0 Å². The Kier molecular flexibility index (Phi) is 7.68. The van der Waals surface area contributed by atoms with Gasteiger partial charge < -0.3 is 21.3 Å². The number of likely N-dealkylation sites (tertiary alicyclic amines) is 1. The summed E-state index contributed by atoms with van der Waals surface area (Å²) >= 11 is 5.82. The number of amides is 4. The van der Waals surface area contributed by atoms with E-state index in [-0.39, 0.29) is 42.1 Å². The molecule has 4 amide bonds. The molecule has 2 aromatic carbocycles. The third kappa shape index (κ3) is 5.62. The number of carbonyl (C=O) groups is 4. The number of halogens is 3. The summed E-state index contributed by atoms with van der Waals surface area (Å²) in [7, 11) is 0. The number of alkyl halides is 1. The van der Waals surface area contributed by atoms with Crippen molar-refractivity contribution in [2.45, 2.75) is 37.9 Å². The number of hydrogen-bond donors (Lipinski definition) is 3. The average Bonchev–Trinajstić information content (AvgIpc) is 3.42. The van der Waals surface area contributed by atoms with Crippen LogP contribution in [0.5, 0.6) is 0 Å². The van der Waals surface area contributed by atoms with Crippen LogP contribution in [0.2, 0.25) is 5.02 Å². The number of para-hydroxylation sites is 1. The van der Waals surface area contributed by atoms with Crippen molar-refractivity contribution in [1.82, 2.24) is 14.8 Å². The van der Waals surface area contributed by atoms with Crippen LogP contribution < -0.4 is 16.4 Å². The summed E-state index contributed by atoms with van der Waals surface area (Å²) in [6.45, 7) is 0.384. The smallest absolute Gasteiger partial charge is 0.323 e. The Morgan fingerprint density at radius 2 is 1.89 bits per heavy atom. The van der Waals surface area contributed by atoms with E-state index in [2.05, 4.69) is 10.6 Å². The fourth-order valence-corrected chi connectivity index (χ4v) is 4.86. The van der Waals surface area contributed by atoms with Crippen molar-refractivity contribution >= 4 is 51.9 Å². The second-order valence-electron chi connectivity index (χ2n) is 9.29. The number of aryl methyl sites for hydroxylation is 1. The van der Waals surface area contributed by atoms with E-state index >= 15 is 4.39 Å². The van der Waals surface area contributed by atoms with Gasteiger partial charge in [-0.15, -0.1) is 0 Å². The summed E-state index contributed by atoms with van der Waals surface area (Å²) in [5.41, 5.74) is 4.30. The third-order valence-corrected chi connectivity index (χ3v) is 6.83. The van der Waals surface area contributed by atoms with Gasteiger partial charge in [0.15, 0.2) is 5.78 Å². The monoisotopic (exact) mass is 545 g/mol. The fraction of sp³-hybridized carbons (Fsp3) is 0.308. The number of hydrogen-bond acceptors (Lipinski definition) is 4. The van der Waals surface area contributed by atoms with Crippen molar-refractivity contribution in [2.75, 3.05) is 18.4 Å². The van der Waals surface area contributed by atoms with Gasteiger partial charge in [-0.3, -0.25) is 14.2 Å². The summed E-state index contributed by atoms with van der Waals surface area (Å²) in [5, 5.41) is 5.50. The molecule has 9 nitrogen and oxygen atoms in total. The molecule has 38 heavy (non-hydrogen) atoms. The molecule has 0 spiro atoms. The lowest BCUT2D eigenvalue weighted by Gasteiger charge is -2.24. The highest BCUT2D eigenvalue weighted by molar-refractivity contribution is 6.30. The van der Waals surface area contributed by atoms with Crippen molar-refractivity contribution in [3.63, 3.8) is 0 Å². The first-order chi connectivity index (χ1) is 18.0. The van der Waals surface area contributed by atoms with Gasteiger partial charge in [-0.2, -0.15) is 0 Å². The van der Waals surface area contributed by atoms with Crippen LogP contribution in [0.1, 0.15) is 25.3 Å². The Morgan fingerprint density at radius 3 is 2.61 bits per heavy atom. The van der Waals surface area contributed by atoms with E-state index < -0.39 is 47.8 Å². The summed E-state index contributed by atoms with van der Waals surface area (Å²) in [6, 6.07) is 8.47. The molecular formula is C26H26ClF2N5O4. The Hall–Kier alpha value is -3.99. The van der Waals surface area contributed by atoms with Crippen molar-refractivity contribution in [3.05, 3.63) is 65.1 Å². The minimum absolute atomic E-state index is 0.00820. The molecule has 200 valence electrons. The topological polar surface area (TPSA) is 127 Å². The highest BCUT2D eigenvalue weighted by Crippen LogP contribution is 2.34. The maximum Gasteiger partial charge on any atom is 0.323 e. The number of primary amides is 1. The lowest BCUT2D eigenvalue weighted by atomic mass is 9.96. The number of ketones is 1. The van der Waals surface area contributed by atoms with Gasteiger partial charge in [-0.05, 0) is 24.1 Å². The van der Waals surface area contributed by atoms with Crippen LogP contribution in [0.15, 0.2) is 48.7 Å². The summed E-state index contributed by atoms with van der Waals surface area (Å²) in [5.74, 6) is -1.57. The normalized spacial score (nSPS) is 18.9. The van der Waals surface area contributed by atoms with E-state index in [1.165, 1.54) is 25.3 Å². The molecule has 4 rings (SSSR count). The molecule has 1 aliphatic rings. The minimum Gasteiger partial charge on any atom is -0.353 e. The molecule has 1 aliphatic heterocycles. The van der Waals surface area contributed by atoms with Gasteiger partial charge in [-0.25, -0.2) is 18.4 Å². The van der Waals surface area contributed by atoms with Crippen LogP contribution >= 0.6 is 11.6 Å². The molecule has 1 saturated heterocycles. The van der Waals surface area contributed by atoms with Gasteiger partial charge in [0.25, 0.3) is 0 Å². The summed E-state index contributed by atoms with van der Waals surface area (Å²) in [6.07, 6.45) is 0.845. The number of nitrogens with two attached hydrogens (primary N) is 1. The molecule has 2 atom stereocenters. The van der Waals surface area contributed by atoms with E-state index in [1.54, 1.807) is 30.3 Å².